The van der Waals surface area contributed by atoms with E-state index in [2.05, 4.69) is 25.6 Å². The van der Waals surface area contributed by atoms with Gasteiger partial charge in [-0.25, -0.2) is 18.2 Å². The van der Waals surface area contributed by atoms with Crippen LogP contribution in [0.3, 0.4) is 0 Å². The maximum absolute atomic E-state index is 13.3. The minimum absolute atomic E-state index is 0.0468. The van der Waals surface area contributed by atoms with Gasteiger partial charge in [-0.2, -0.15) is 14.1 Å². The quantitative estimate of drug-likeness (QED) is 0.374. The molecule has 14 heteroatoms. The maximum Gasteiger partial charge on any atom is 0.347 e. The first-order chi connectivity index (χ1) is 18.2. The van der Waals surface area contributed by atoms with Crippen molar-refractivity contribution in [3.8, 4) is 5.88 Å². The number of hydrogen-bond donors (Lipinski definition) is 2. The molecule has 0 aliphatic carbocycles. The minimum atomic E-state index is -3.85. The van der Waals surface area contributed by atoms with Crippen LogP contribution in [0.4, 0.5) is 10.5 Å². The van der Waals surface area contributed by atoms with Crippen molar-refractivity contribution in [1.29, 1.82) is 0 Å². The third kappa shape index (κ3) is 7.07. The van der Waals surface area contributed by atoms with Gasteiger partial charge in [0.05, 0.1) is 25.1 Å². The van der Waals surface area contributed by atoms with Crippen molar-refractivity contribution in [1.82, 2.24) is 29.3 Å². The molecule has 0 aromatic carbocycles. The highest BCUT2D eigenvalue weighted by Crippen LogP contribution is 2.27. The number of piperazine rings is 1. The number of anilines is 1. The third-order valence-electron chi connectivity index (χ3n) is 6.05. The molecule has 2 N–H and O–H groups in total. The number of pyridine rings is 1. The fourth-order valence-corrected chi connectivity index (χ4v) is 5.40. The first kappa shape index (κ1) is 29.5. The molecule has 13 nitrogen and oxygen atoms in total. The molecule has 3 heterocycles. The van der Waals surface area contributed by atoms with Crippen molar-refractivity contribution >= 4 is 27.6 Å². The van der Waals surface area contributed by atoms with Crippen molar-refractivity contribution in [3.63, 3.8) is 0 Å². The second-order valence-electron chi connectivity index (χ2n) is 8.66. The number of amides is 2. The fourth-order valence-electron chi connectivity index (χ4n) is 4.00. The fraction of sp³-hybridized carbons (Fsp3) is 0.583. The number of carbonyl (C=O) groups is 2. The van der Waals surface area contributed by atoms with E-state index in [0.29, 0.717) is 44.9 Å². The van der Waals surface area contributed by atoms with Gasteiger partial charge in [0.25, 0.3) is 5.91 Å². The Kier molecular flexibility index (Phi) is 10.6. The molecule has 2 aromatic heterocycles. The molecule has 0 bridgehead atoms. The molecule has 1 fully saturated rings. The number of rotatable bonds is 12. The Hall–Kier alpha value is -3.07. The van der Waals surface area contributed by atoms with Crippen LogP contribution in [-0.4, -0.2) is 104 Å². The molecular formula is C24H37N7O6S. The number of hydrogen-bond acceptors (Lipinski definition) is 9. The first-order valence-corrected chi connectivity index (χ1v) is 14.2. The number of carbonyl (C=O) groups excluding carboxylic acids is 2. The number of nitrogens with one attached hydrogen (secondary N) is 2. The van der Waals surface area contributed by atoms with Crippen molar-refractivity contribution in [3.05, 3.63) is 29.7 Å². The van der Waals surface area contributed by atoms with Crippen LogP contribution in [0.2, 0.25) is 0 Å². The molecule has 0 spiro atoms. The Balaban J connectivity index is 1.90. The zero-order valence-corrected chi connectivity index (χ0v) is 23.2. The second kappa shape index (κ2) is 13.6. The molecule has 0 unspecified atom stereocenters. The summed E-state index contributed by atoms with van der Waals surface area (Å²) in [5.41, 5.74) is 0.680. The number of methoxy groups -OCH3 is 1. The molecule has 0 saturated carbocycles. The highest BCUT2D eigenvalue weighted by atomic mass is 32.2. The number of aryl methyl sites for hydroxylation is 1. The van der Waals surface area contributed by atoms with E-state index < -0.39 is 22.0 Å². The lowest BCUT2D eigenvalue weighted by atomic mass is 10.2. The zero-order chi connectivity index (χ0) is 27.7. The van der Waals surface area contributed by atoms with E-state index >= 15 is 0 Å². The van der Waals surface area contributed by atoms with Gasteiger partial charge in [0.15, 0.2) is 0 Å². The molecule has 1 aliphatic heterocycles. The van der Waals surface area contributed by atoms with Crippen LogP contribution in [0.25, 0.3) is 0 Å². The van der Waals surface area contributed by atoms with Crippen molar-refractivity contribution in [2.75, 3.05) is 64.9 Å². The molecule has 38 heavy (non-hydrogen) atoms. The molecule has 0 atom stereocenters. The molecule has 0 radical (unpaired) electrons. The van der Waals surface area contributed by atoms with Gasteiger partial charge in [-0.1, -0.05) is 20.3 Å². The van der Waals surface area contributed by atoms with Crippen LogP contribution in [0.15, 0.2) is 23.2 Å². The van der Waals surface area contributed by atoms with Crippen LogP contribution < -0.4 is 15.4 Å². The topological polar surface area (TPSA) is 148 Å². The van der Waals surface area contributed by atoms with Crippen molar-refractivity contribution < 1.29 is 27.5 Å². The van der Waals surface area contributed by atoms with Crippen LogP contribution >= 0.6 is 0 Å². The first-order valence-electron chi connectivity index (χ1n) is 12.8. The smallest absolute Gasteiger partial charge is 0.347 e. The largest absolute Gasteiger partial charge is 0.476 e. The molecule has 1 aliphatic rings. The van der Waals surface area contributed by atoms with Gasteiger partial charge in [-0.3, -0.25) is 4.79 Å². The summed E-state index contributed by atoms with van der Waals surface area (Å²) >= 11 is 0. The van der Waals surface area contributed by atoms with Gasteiger partial charge < -0.3 is 25.0 Å². The Labute approximate surface area is 223 Å². The van der Waals surface area contributed by atoms with Crippen molar-refractivity contribution in [2.24, 2.45) is 0 Å². The highest BCUT2D eigenvalue weighted by molar-refractivity contribution is 7.89. The molecule has 2 amide bonds. The van der Waals surface area contributed by atoms with Gasteiger partial charge >= 0.3 is 6.03 Å². The van der Waals surface area contributed by atoms with Gasteiger partial charge in [0, 0.05) is 39.8 Å². The lowest BCUT2D eigenvalue weighted by Crippen LogP contribution is -2.48. The monoisotopic (exact) mass is 551 g/mol. The normalized spacial score (nSPS) is 14.8. The van der Waals surface area contributed by atoms with Crippen LogP contribution in [0, 0.1) is 0 Å². The van der Waals surface area contributed by atoms with E-state index in [1.165, 1.54) is 23.7 Å². The Morgan fingerprint density at radius 1 is 1.11 bits per heavy atom. The zero-order valence-electron chi connectivity index (χ0n) is 22.4. The number of aromatic nitrogens is 3. The summed E-state index contributed by atoms with van der Waals surface area (Å²) in [5, 5.41) is 9.63. The minimum Gasteiger partial charge on any atom is -0.476 e. The number of ether oxygens (including phenoxy) is 2. The van der Waals surface area contributed by atoms with E-state index in [0.717, 1.165) is 17.6 Å². The summed E-state index contributed by atoms with van der Waals surface area (Å²) in [5.74, 6) is -0.430. The van der Waals surface area contributed by atoms with E-state index in [1.54, 1.807) is 13.0 Å². The third-order valence-corrected chi connectivity index (χ3v) is 7.91. The molecule has 1 saturated heterocycles. The van der Waals surface area contributed by atoms with Crippen molar-refractivity contribution in [2.45, 2.75) is 38.5 Å². The molecule has 3 rings (SSSR count). The molecule has 2 aromatic rings. The average Bonchev–Trinajstić information content (AvgIpc) is 3.34. The number of likely N-dealkylation sites (N-methyl/N-ethyl adjacent to an activating group) is 1. The summed E-state index contributed by atoms with van der Waals surface area (Å²) in [7, 11) is -2.33. The summed E-state index contributed by atoms with van der Waals surface area (Å²) < 4.78 is 39.6. The SMILES string of the molecule is CCCc1cc(C(=O)NCCOC)n(C(=O)Nc2cc(S(=O)(=O)N3CCN(CC)CC3)cnc2OCC)n1. The average molecular weight is 552 g/mol. The van der Waals surface area contributed by atoms with E-state index in [-0.39, 0.29) is 35.3 Å². The predicted octanol–water partition coefficient (Wildman–Crippen LogP) is 1.41. The maximum atomic E-state index is 13.3. The Morgan fingerprint density at radius 3 is 2.47 bits per heavy atom. The lowest BCUT2D eigenvalue weighted by molar-refractivity contribution is 0.0928. The lowest BCUT2D eigenvalue weighted by Gasteiger charge is -2.33. The van der Waals surface area contributed by atoms with Crippen LogP contribution in [-0.2, 0) is 21.2 Å². The summed E-state index contributed by atoms with van der Waals surface area (Å²) in [6.45, 7) is 9.42. The Bertz CT molecular complexity index is 1210. The van der Waals surface area contributed by atoms with Crippen LogP contribution in [0.1, 0.15) is 43.4 Å². The summed E-state index contributed by atoms with van der Waals surface area (Å²) in [6, 6.07) is 2.13. The number of nitrogens with zero attached hydrogens (tertiary/aromatic N) is 5. The van der Waals surface area contributed by atoms with Gasteiger partial charge in [0.2, 0.25) is 15.9 Å². The predicted molar refractivity (Wildman–Crippen MR) is 141 cm³/mol. The highest BCUT2D eigenvalue weighted by Gasteiger charge is 2.30. The number of sulfonamides is 1. The summed E-state index contributed by atoms with van der Waals surface area (Å²) in [4.78, 5) is 32.4. The molecule has 210 valence electrons. The molecular weight excluding hydrogens is 514 g/mol. The van der Waals surface area contributed by atoms with E-state index in [1.807, 2.05) is 13.8 Å². The second-order valence-corrected chi connectivity index (χ2v) is 10.6. The van der Waals surface area contributed by atoms with E-state index in [9.17, 15) is 18.0 Å². The standard InChI is InChI=1S/C24H37N7O6S/c1-5-8-18-15-21(22(32)25-9-14-36-4)31(28-18)24(33)27-20-16-19(17-26-23(20)37-7-3)38(34,35)30-12-10-29(6-2)11-13-30/h15-17H,5-14H2,1-4H3,(H,25,32)(H,27,33). The van der Waals surface area contributed by atoms with Gasteiger partial charge in [0.1, 0.15) is 16.3 Å². The van der Waals surface area contributed by atoms with Crippen LogP contribution in [0.5, 0.6) is 5.88 Å². The van der Waals surface area contributed by atoms with E-state index in [4.69, 9.17) is 9.47 Å². The summed E-state index contributed by atoms with van der Waals surface area (Å²) in [6.07, 6.45) is 2.57. The van der Waals surface area contributed by atoms with Gasteiger partial charge in [-0.15, -0.1) is 0 Å². The van der Waals surface area contributed by atoms with Gasteiger partial charge in [-0.05, 0) is 32.0 Å². The Morgan fingerprint density at radius 2 is 1.84 bits per heavy atom.